The Morgan fingerprint density at radius 3 is 2.69 bits per heavy atom. The highest BCUT2D eigenvalue weighted by atomic mass is 32.1. The lowest BCUT2D eigenvalue weighted by molar-refractivity contribution is 0.0529. The van der Waals surface area contributed by atoms with Crippen molar-refractivity contribution >= 4 is 33.9 Å². The molecule has 1 aliphatic heterocycles. The molecule has 174 valence electrons. The number of hydrogen-bond donors (Lipinski definition) is 1. The van der Waals surface area contributed by atoms with Gasteiger partial charge in [-0.05, 0) is 65.9 Å². The van der Waals surface area contributed by atoms with Gasteiger partial charge in [-0.25, -0.2) is 15.0 Å². The third-order valence-electron chi connectivity index (χ3n) is 5.91. The van der Waals surface area contributed by atoms with Crippen molar-refractivity contribution in [1.29, 1.82) is 0 Å². The Labute approximate surface area is 190 Å². The van der Waals surface area contributed by atoms with Gasteiger partial charge in [0, 0.05) is 6.61 Å². The van der Waals surface area contributed by atoms with Gasteiger partial charge in [-0.15, -0.1) is 11.3 Å². The first-order valence-electron chi connectivity index (χ1n) is 10.9. The number of hydrogen-bond acceptors (Lipinski definition) is 7. The molecule has 1 aliphatic carbocycles. The van der Waals surface area contributed by atoms with Crippen molar-refractivity contribution < 1.29 is 14.3 Å². The molecule has 1 atom stereocenters. The molecule has 9 nitrogen and oxygen atoms in total. The number of carbonyl (C=O) groups is 1. The number of nitrogens with zero attached hydrogens (tertiary/aromatic N) is 3. The molecular weight excluding hydrogens is 432 g/mol. The average molecular weight is 463 g/mol. The first kappa shape index (κ1) is 22.7. The molecule has 4 rings (SSSR count). The highest BCUT2D eigenvalue weighted by Gasteiger charge is 2.43. The Morgan fingerprint density at radius 2 is 2.09 bits per heavy atom. The minimum Gasteiger partial charge on any atom is -0.443 e. The quantitative estimate of drug-likeness (QED) is 0.543. The van der Waals surface area contributed by atoms with Gasteiger partial charge in [0.15, 0.2) is 0 Å². The van der Waals surface area contributed by atoms with E-state index >= 15 is 0 Å². The van der Waals surface area contributed by atoms with E-state index in [1.165, 1.54) is 22.1 Å². The summed E-state index contributed by atoms with van der Waals surface area (Å²) in [7, 11) is 0. The number of ether oxygens (including phenoxy) is 2. The predicted octanol–water partition coefficient (Wildman–Crippen LogP) is 3.08. The zero-order chi connectivity index (χ0) is 23.3. The molecule has 1 saturated carbocycles. The summed E-state index contributed by atoms with van der Waals surface area (Å²) in [6.45, 7) is 10.2. The molecule has 2 aromatic heterocycles. The van der Waals surface area contributed by atoms with Crippen LogP contribution in [0.1, 0.15) is 63.8 Å². The van der Waals surface area contributed by atoms with Crippen molar-refractivity contribution in [2.45, 2.75) is 84.1 Å². The molecule has 10 heteroatoms. The number of aromatic nitrogens is 2. The fourth-order valence-corrected chi connectivity index (χ4v) is 5.14. The van der Waals surface area contributed by atoms with Crippen molar-refractivity contribution in [3.63, 3.8) is 0 Å². The number of aryl methyl sites for hydroxylation is 1. The third-order valence-corrected chi connectivity index (χ3v) is 7.16. The number of thiophene rings is 1. The van der Waals surface area contributed by atoms with E-state index in [9.17, 15) is 14.4 Å². The first-order valence-corrected chi connectivity index (χ1v) is 11.7. The minimum absolute atomic E-state index is 0.0396. The fraction of sp³-hybridized carbons (Fsp3) is 0.636. The second-order valence-corrected chi connectivity index (χ2v) is 10.8. The number of amides is 1. The van der Waals surface area contributed by atoms with Gasteiger partial charge >= 0.3 is 11.8 Å². The van der Waals surface area contributed by atoms with Crippen molar-refractivity contribution in [3.8, 4) is 0 Å². The Balaban J connectivity index is 1.75. The Kier molecular flexibility index (Phi) is 5.79. The molecule has 0 unspecified atom stereocenters. The van der Waals surface area contributed by atoms with Crippen LogP contribution in [0.5, 0.6) is 0 Å². The Hall–Kier alpha value is -2.46. The molecule has 1 saturated heterocycles. The van der Waals surface area contributed by atoms with E-state index in [1.54, 1.807) is 25.3 Å². The summed E-state index contributed by atoms with van der Waals surface area (Å²) in [5, 5.41) is 4.52. The molecule has 2 aliphatic rings. The van der Waals surface area contributed by atoms with Crippen LogP contribution in [0.3, 0.4) is 0 Å². The molecule has 1 amide bonds. The standard InChI is InChI=1S/C22H30N4O5S/c1-13-15(11-23-24-19(28)31-21(2,3)4)32-18-16(13)17(27)26(22(5)8-9-22)20(29)25(18)12-14-7-6-10-30-14/h11,14H,6-10,12H2,1-5H3,(H,24,28)/b23-11+/t14-/m1/s1. The molecule has 2 aromatic rings. The maximum atomic E-state index is 13.4. The Morgan fingerprint density at radius 1 is 1.38 bits per heavy atom. The summed E-state index contributed by atoms with van der Waals surface area (Å²) in [6, 6.07) is 0. The van der Waals surface area contributed by atoms with E-state index in [0.717, 1.165) is 31.2 Å². The summed E-state index contributed by atoms with van der Waals surface area (Å²) in [5.41, 5.74) is 1.48. The predicted molar refractivity (Wildman–Crippen MR) is 124 cm³/mol. The lowest BCUT2D eigenvalue weighted by Gasteiger charge is -2.18. The number of fused-ring (bicyclic) bond motifs is 1. The number of nitrogens with one attached hydrogen (secondary N) is 1. The second-order valence-electron chi connectivity index (χ2n) is 9.81. The van der Waals surface area contributed by atoms with Crippen molar-refractivity contribution in [3.05, 3.63) is 31.3 Å². The number of rotatable bonds is 5. The molecule has 3 heterocycles. The maximum Gasteiger partial charge on any atom is 0.428 e. The monoisotopic (exact) mass is 462 g/mol. The van der Waals surface area contributed by atoms with Crippen LogP contribution in [-0.4, -0.2) is 39.8 Å². The zero-order valence-corrected chi connectivity index (χ0v) is 20.0. The van der Waals surface area contributed by atoms with E-state index in [0.29, 0.717) is 28.2 Å². The van der Waals surface area contributed by atoms with E-state index in [-0.39, 0.29) is 17.4 Å². The lowest BCUT2D eigenvalue weighted by atomic mass is 10.2. The van der Waals surface area contributed by atoms with Gasteiger partial charge in [-0.3, -0.25) is 13.9 Å². The molecule has 32 heavy (non-hydrogen) atoms. The molecular formula is C22H30N4O5S. The van der Waals surface area contributed by atoms with Gasteiger partial charge in [0.1, 0.15) is 10.4 Å². The van der Waals surface area contributed by atoms with Crippen LogP contribution in [-0.2, 0) is 21.6 Å². The SMILES string of the molecule is Cc1c(/C=N/NC(=O)OC(C)(C)C)sc2c1c(=O)n(C1(C)CC1)c(=O)n2C[C@H]1CCCO1. The first-order chi connectivity index (χ1) is 15.0. The highest BCUT2D eigenvalue weighted by molar-refractivity contribution is 7.20. The van der Waals surface area contributed by atoms with Crippen molar-refractivity contribution in [2.24, 2.45) is 5.10 Å². The summed E-state index contributed by atoms with van der Waals surface area (Å²) in [6.07, 6.45) is 4.28. The summed E-state index contributed by atoms with van der Waals surface area (Å²) < 4.78 is 14.1. The Bertz CT molecular complexity index is 1190. The average Bonchev–Trinajstić information content (AvgIpc) is 3.09. The van der Waals surface area contributed by atoms with Crippen LogP contribution in [0.15, 0.2) is 14.7 Å². The number of hydrazone groups is 1. The summed E-state index contributed by atoms with van der Waals surface area (Å²) in [5.74, 6) is 0. The normalized spacial score (nSPS) is 20.2. The van der Waals surface area contributed by atoms with E-state index in [4.69, 9.17) is 9.47 Å². The van der Waals surface area contributed by atoms with Gasteiger partial charge in [-0.1, -0.05) is 0 Å². The van der Waals surface area contributed by atoms with Crippen LogP contribution >= 0.6 is 11.3 Å². The second kappa shape index (κ2) is 8.15. The van der Waals surface area contributed by atoms with Gasteiger partial charge < -0.3 is 9.47 Å². The fourth-order valence-electron chi connectivity index (χ4n) is 3.96. The number of carbonyl (C=O) groups excluding carboxylic acids is 1. The molecule has 0 bridgehead atoms. The van der Waals surface area contributed by atoms with Gasteiger partial charge in [0.2, 0.25) is 0 Å². The van der Waals surface area contributed by atoms with E-state index < -0.39 is 17.2 Å². The van der Waals surface area contributed by atoms with Crippen molar-refractivity contribution in [1.82, 2.24) is 14.6 Å². The summed E-state index contributed by atoms with van der Waals surface area (Å²) in [4.78, 5) is 40.0. The maximum absolute atomic E-state index is 13.4. The van der Waals surface area contributed by atoms with Crippen LogP contribution in [0, 0.1) is 6.92 Å². The smallest absolute Gasteiger partial charge is 0.428 e. The largest absolute Gasteiger partial charge is 0.443 e. The van der Waals surface area contributed by atoms with Crippen LogP contribution in [0.4, 0.5) is 4.79 Å². The van der Waals surface area contributed by atoms with Gasteiger partial charge in [0.05, 0.1) is 34.7 Å². The highest BCUT2D eigenvalue weighted by Crippen LogP contribution is 2.41. The lowest BCUT2D eigenvalue weighted by Crippen LogP contribution is -2.45. The molecule has 0 aromatic carbocycles. The summed E-state index contributed by atoms with van der Waals surface area (Å²) >= 11 is 1.32. The van der Waals surface area contributed by atoms with Crippen molar-refractivity contribution in [2.75, 3.05) is 6.61 Å². The molecule has 1 N–H and O–H groups in total. The van der Waals surface area contributed by atoms with Crippen LogP contribution in [0.25, 0.3) is 10.2 Å². The van der Waals surface area contributed by atoms with Gasteiger partial charge in [0.25, 0.3) is 5.56 Å². The molecule has 0 radical (unpaired) electrons. The molecule has 2 fully saturated rings. The third kappa shape index (κ3) is 4.38. The van der Waals surface area contributed by atoms with Gasteiger partial charge in [-0.2, -0.15) is 5.10 Å². The zero-order valence-electron chi connectivity index (χ0n) is 19.2. The van der Waals surface area contributed by atoms with E-state index in [1.807, 2.05) is 13.8 Å². The molecule has 0 spiro atoms. The van der Waals surface area contributed by atoms with E-state index in [2.05, 4.69) is 10.5 Å². The van der Waals surface area contributed by atoms with Crippen LogP contribution in [0.2, 0.25) is 0 Å². The van der Waals surface area contributed by atoms with Crippen LogP contribution < -0.4 is 16.7 Å². The minimum atomic E-state index is -0.660. The topological polar surface area (TPSA) is 104 Å².